The number of benzene rings is 2. The van der Waals surface area contributed by atoms with Crippen molar-refractivity contribution in [1.82, 2.24) is 4.57 Å². The van der Waals surface area contributed by atoms with Crippen LogP contribution in [-0.2, 0) is 0 Å². The first kappa shape index (κ1) is 11.1. The van der Waals surface area contributed by atoms with Crippen molar-refractivity contribution in [2.24, 2.45) is 0 Å². The van der Waals surface area contributed by atoms with Gasteiger partial charge < -0.3 is 9.88 Å². The van der Waals surface area contributed by atoms with E-state index < -0.39 is 0 Å². The molecule has 1 N–H and O–H groups in total. The van der Waals surface area contributed by atoms with Crippen LogP contribution in [0.1, 0.15) is 11.1 Å². The Morgan fingerprint density at radius 1 is 0.800 bits per heavy atom. The van der Waals surface area contributed by atoms with Gasteiger partial charge in [-0.2, -0.15) is 0 Å². The van der Waals surface area contributed by atoms with Crippen LogP contribution in [0.2, 0.25) is 0 Å². The van der Waals surface area contributed by atoms with Crippen molar-refractivity contribution in [3.63, 3.8) is 0 Å². The van der Waals surface area contributed by atoms with Crippen molar-refractivity contribution in [3.05, 3.63) is 84.1 Å². The highest BCUT2D eigenvalue weighted by Gasteiger charge is 2.17. The van der Waals surface area contributed by atoms with Gasteiger partial charge in [-0.25, -0.2) is 0 Å². The molecule has 2 heteroatoms. The van der Waals surface area contributed by atoms with E-state index in [4.69, 9.17) is 0 Å². The summed E-state index contributed by atoms with van der Waals surface area (Å²) in [6.07, 6.45) is 4.32. The van der Waals surface area contributed by atoms with E-state index in [2.05, 4.69) is 82.8 Å². The van der Waals surface area contributed by atoms with Gasteiger partial charge >= 0.3 is 0 Å². The average Bonchev–Trinajstić information content (AvgIpc) is 2.96. The minimum Gasteiger partial charge on any atom is -0.341 e. The van der Waals surface area contributed by atoms with Crippen LogP contribution in [0.3, 0.4) is 0 Å². The van der Waals surface area contributed by atoms with Crippen molar-refractivity contribution in [2.75, 3.05) is 5.32 Å². The Hall–Kier alpha value is -2.74. The zero-order chi connectivity index (χ0) is 13.4. The van der Waals surface area contributed by atoms with Crippen molar-refractivity contribution < 1.29 is 0 Å². The van der Waals surface area contributed by atoms with E-state index in [0.29, 0.717) is 0 Å². The SMILES string of the molecule is C(=C1c2ccccc2Nc2cccn21)c1ccccc1. The fourth-order valence-electron chi connectivity index (χ4n) is 2.63. The van der Waals surface area contributed by atoms with Crippen molar-refractivity contribution >= 4 is 23.3 Å². The van der Waals surface area contributed by atoms with E-state index in [1.165, 1.54) is 16.8 Å². The van der Waals surface area contributed by atoms with Gasteiger partial charge in [0, 0.05) is 17.4 Å². The highest BCUT2D eigenvalue weighted by Crippen LogP contribution is 2.36. The molecule has 4 rings (SSSR count). The van der Waals surface area contributed by atoms with E-state index in [-0.39, 0.29) is 0 Å². The number of hydrogen-bond donors (Lipinski definition) is 1. The molecule has 0 saturated carbocycles. The zero-order valence-electron chi connectivity index (χ0n) is 11.0. The second-order valence-corrected chi connectivity index (χ2v) is 4.87. The number of nitrogens with zero attached hydrogens (tertiary/aromatic N) is 1. The Bertz CT molecular complexity index is 782. The molecule has 1 aliphatic heterocycles. The molecule has 96 valence electrons. The molecule has 0 atom stereocenters. The molecule has 3 aromatic rings. The molecule has 0 bridgehead atoms. The molecule has 0 radical (unpaired) electrons. The zero-order valence-corrected chi connectivity index (χ0v) is 11.0. The van der Waals surface area contributed by atoms with E-state index in [1.807, 2.05) is 6.07 Å². The van der Waals surface area contributed by atoms with Gasteiger partial charge in [0.25, 0.3) is 0 Å². The van der Waals surface area contributed by atoms with Gasteiger partial charge in [0.15, 0.2) is 0 Å². The number of anilines is 2. The molecule has 0 spiro atoms. The topological polar surface area (TPSA) is 17.0 Å². The molecule has 2 nitrogen and oxygen atoms in total. The van der Waals surface area contributed by atoms with Crippen LogP contribution < -0.4 is 5.32 Å². The number of aromatic nitrogens is 1. The number of rotatable bonds is 1. The number of nitrogens with one attached hydrogen (secondary N) is 1. The minimum atomic E-state index is 1.10. The first-order valence-electron chi connectivity index (χ1n) is 6.73. The second-order valence-electron chi connectivity index (χ2n) is 4.87. The summed E-state index contributed by atoms with van der Waals surface area (Å²) in [7, 11) is 0. The summed E-state index contributed by atoms with van der Waals surface area (Å²) in [6.45, 7) is 0. The molecule has 1 aromatic heterocycles. The normalized spacial score (nSPS) is 14.5. The molecular weight excluding hydrogens is 244 g/mol. The molecule has 0 saturated heterocycles. The van der Waals surface area contributed by atoms with Crippen molar-refractivity contribution in [3.8, 4) is 0 Å². The van der Waals surface area contributed by atoms with Gasteiger partial charge in [-0.1, -0.05) is 48.5 Å². The van der Waals surface area contributed by atoms with Gasteiger partial charge in [0.05, 0.1) is 5.70 Å². The number of hydrogen-bond acceptors (Lipinski definition) is 1. The molecule has 2 heterocycles. The van der Waals surface area contributed by atoms with Crippen LogP contribution in [0, 0.1) is 0 Å². The Morgan fingerprint density at radius 2 is 1.60 bits per heavy atom. The lowest BCUT2D eigenvalue weighted by Gasteiger charge is -2.24. The maximum atomic E-state index is 3.46. The molecule has 2 aromatic carbocycles. The molecular formula is C18H14N2. The number of fused-ring (bicyclic) bond motifs is 2. The van der Waals surface area contributed by atoms with Gasteiger partial charge in [0.2, 0.25) is 0 Å². The van der Waals surface area contributed by atoms with E-state index in [0.717, 1.165) is 11.5 Å². The van der Waals surface area contributed by atoms with Gasteiger partial charge in [0.1, 0.15) is 5.82 Å². The summed E-state index contributed by atoms with van der Waals surface area (Å²) < 4.78 is 2.19. The smallest absolute Gasteiger partial charge is 0.114 e. The largest absolute Gasteiger partial charge is 0.341 e. The second kappa shape index (κ2) is 4.42. The first-order valence-corrected chi connectivity index (χ1v) is 6.73. The molecule has 0 amide bonds. The van der Waals surface area contributed by atoms with Crippen molar-refractivity contribution in [1.29, 1.82) is 0 Å². The van der Waals surface area contributed by atoms with Gasteiger partial charge in [-0.15, -0.1) is 0 Å². The van der Waals surface area contributed by atoms with Crippen LogP contribution >= 0.6 is 0 Å². The lowest BCUT2D eigenvalue weighted by Crippen LogP contribution is -2.10. The summed E-state index contributed by atoms with van der Waals surface area (Å²) in [6, 6.07) is 23.0. The third-order valence-electron chi connectivity index (χ3n) is 3.58. The van der Waals surface area contributed by atoms with Gasteiger partial charge in [-0.05, 0) is 29.8 Å². The first-order chi connectivity index (χ1) is 9.92. The lowest BCUT2D eigenvalue weighted by molar-refractivity contribution is 1.10. The minimum absolute atomic E-state index is 1.10. The summed E-state index contributed by atoms with van der Waals surface area (Å²) in [5.41, 5.74) is 4.78. The van der Waals surface area contributed by atoms with Crippen LogP contribution in [0.25, 0.3) is 11.8 Å². The Balaban J connectivity index is 1.94. The predicted molar refractivity (Wildman–Crippen MR) is 83.9 cm³/mol. The highest BCUT2D eigenvalue weighted by molar-refractivity contribution is 5.92. The molecule has 0 aliphatic carbocycles. The average molecular weight is 258 g/mol. The van der Waals surface area contributed by atoms with Crippen molar-refractivity contribution in [2.45, 2.75) is 0 Å². The Morgan fingerprint density at radius 3 is 2.50 bits per heavy atom. The Labute approximate surface area is 118 Å². The maximum absolute atomic E-state index is 3.46. The molecule has 0 unspecified atom stereocenters. The predicted octanol–water partition coefficient (Wildman–Crippen LogP) is 4.59. The number of para-hydroxylation sites is 1. The summed E-state index contributed by atoms with van der Waals surface area (Å²) in [5.74, 6) is 1.10. The standard InChI is InChI=1S/C18H14N2/c1-2-7-14(8-3-1)13-17-15-9-4-5-10-16(15)19-18-11-6-12-20(17)18/h1-13,19H. The third kappa shape index (κ3) is 1.74. The van der Waals surface area contributed by atoms with Gasteiger partial charge in [-0.3, -0.25) is 0 Å². The van der Waals surface area contributed by atoms with Crippen LogP contribution in [0.5, 0.6) is 0 Å². The lowest BCUT2D eigenvalue weighted by atomic mass is 10.0. The van der Waals surface area contributed by atoms with E-state index in [9.17, 15) is 0 Å². The Kier molecular flexibility index (Phi) is 2.46. The fourth-order valence-corrected chi connectivity index (χ4v) is 2.63. The van der Waals surface area contributed by atoms with Crippen LogP contribution in [0.4, 0.5) is 11.5 Å². The molecule has 1 aliphatic rings. The summed E-state index contributed by atoms with van der Waals surface area (Å²) in [4.78, 5) is 0. The summed E-state index contributed by atoms with van der Waals surface area (Å²) >= 11 is 0. The molecule has 20 heavy (non-hydrogen) atoms. The van der Waals surface area contributed by atoms with E-state index >= 15 is 0 Å². The fraction of sp³-hybridized carbons (Fsp3) is 0. The van der Waals surface area contributed by atoms with Crippen LogP contribution in [-0.4, -0.2) is 4.57 Å². The molecule has 0 fully saturated rings. The highest BCUT2D eigenvalue weighted by atomic mass is 15.1. The quantitative estimate of drug-likeness (QED) is 0.528. The third-order valence-corrected chi connectivity index (χ3v) is 3.58. The van der Waals surface area contributed by atoms with E-state index in [1.54, 1.807) is 0 Å². The summed E-state index contributed by atoms with van der Waals surface area (Å²) in [5, 5.41) is 3.46. The van der Waals surface area contributed by atoms with Crippen LogP contribution in [0.15, 0.2) is 72.9 Å². The maximum Gasteiger partial charge on any atom is 0.114 e. The monoisotopic (exact) mass is 258 g/mol.